The first-order valence-electron chi connectivity index (χ1n) is 10.8. The second-order valence-electron chi connectivity index (χ2n) is 9.82. The molecule has 1 N–H and O–H groups in total. The van der Waals surface area contributed by atoms with E-state index in [9.17, 15) is 9.59 Å². The van der Waals surface area contributed by atoms with Crippen molar-refractivity contribution in [2.24, 2.45) is 21.4 Å². The molecule has 4 rings (SSSR count). The predicted molar refractivity (Wildman–Crippen MR) is 122 cm³/mol. The van der Waals surface area contributed by atoms with Crippen molar-refractivity contribution >= 4 is 23.3 Å². The second kappa shape index (κ2) is 7.33. The molecule has 2 atom stereocenters. The average molecular weight is 419 g/mol. The molecule has 2 aromatic carbocycles. The van der Waals surface area contributed by atoms with E-state index in [1.54, 1.807) is 12.1 Å². The summed E-state index contributed by atoms with van der Waals surface area (Å²) in [6.45, 7) is 10.4. The Hall–Kier alpha value is -2.95. The third kappa shape index (κ3) is 3.27. The zero-order chi connectivity index (χ0) is 22.4. The van der Waals surface area contributed by atoms with Gasteiger partial charge in [-0.2, -0.15) is 0 Å². The van der Waals surface area contributed by atoms with Crippen LogP contribution in [0.4, 0.5) is 5.69 Å². The first kappa shape index (κ1) is 21.3. The van der Waals surface area contributed by atoms with Crippen LogP contribution in [-0.4, -0.2) is 17.6 Å². The van der Waals surface area contributed by atoms with Crippen LogP contribution in [-0.2, 0) is 9.63 Å². The van der Waals surface area contributed by atoms with E-state index in [0.717, 1.165) is 35.4 Å². The van der Waals surface area contributed by atoms with E-state index in [1.807, 2.05) is 50.2 Å². The van der Waals surface area contributed by atoms with Gasteiger partial charge < -0.3 is 10.2 Å². The number of carbonyl (C=O) groups is 2. The van der Waals surface area contributed by atoms with Gasteiger partial charge in [-0.3, -0.25) is 4.79 Å². The van der Waals surface area contributed by atoms with Crippen LogP contribution in [0.5, 0.6) is 0 Å². The number of aryl methyl sites for hydroxylation is 2. The number of nitrogens with one attached hydrogen (secondary N) is 1. The number of oxime groups is 1. The van der Waals surface area contributed by atoms with Crippen LogP contribution in [0, 0.1) is 30.1 Å². The Bertz CT molecular complexity index is 1070. The van der Waals surface area contributed by atoms with Crippen LogP contribution in [0.3, 0.4) is 0 Å². The fourth-order valence-electron chi connectivity index (χ4n) is 5.33. The molecule has 2 bridgehead atoms. The molecule has 5 nitrogen and oxygen atoms in total. The van der Waals surface area contributed by atoms with Gasteiger partial charge in [-0.1, -0.05) is 55.8 Å². The minimum atomic E-state index is -0.583. The summed E-state index contributed by atoms with van der Waals surface area (Å²) >= 11 is 0. The van der Waals surface area contributed by atoms with Crippen molar-refractivity contribution in [3.8, 4) is 0 Å². The fraction of sp³-hybridized carbons (Fsp3) is 0.423. The minimum Gasteiger partial charge on any atom is -0.326 e. The van der Waals surface area contributed by atoms with Crippen LogP contribution in [0.15, 0.2) is 53.7 Å². The summed E-state index contributed by atoms with van der Waals surface area (Å²) in [6, 6.07) is 15.1. The SMILES string of the molecule is Cc1ccc(C(=O)O/N=C2\CC3(C(=O)Nc4cccc(C)c4)CCC2(C)C3(C)C)cc1. The Labute approximate surface area is 183 Å². The van der Waals surface area contributed by atoms with Crippen molar-refractivity contribution < 1.29 is 14.4 Å². The number of nitrogens with zero attached hydrogens (tertiary/aromatic N) is 1. The van der Waals surface area contributed by atoms with Crippen LogP contribution in [0.1, 0.15) is 61.5 Å². The maximum absolute atomic E-state index is 13.5. The Balaban J connectivity index is 1.58. The molecule has 31 heavy (non-hydrogen) atoms. The number of carbonyl (C=O) groups excluding carboxylic acids is 2. The fourth-order valence-corrected chi connectivity index (χ4v) is 5.33. The molecule has 0 aromatic heterocycles. The molecule has 0 heterocycles. The maximum Gasteiger partial charge on any atom is 0.365 e. The largest absolute Gasteiger partial charge is 0.365 e. The monoisotopic (exact) mass is 418 g/mol. The Morgan fingerprint density at radius 3 is 2.35 bits per heavy atom. The molecule has 0 aliphatic heterocycles. The van der Waals surface area contributed by atoms with Gasteiger partial charge in [-0.25, -0.2) is 4.79 Å². The standard InChI is InChI=1S/C26H30N2O3/c1-17-9-11-19(12-10-17)22(29)31-28-21-16-26(14-13-25(21,5)24(26,3)4)23(30)27-20-8-6-7-18(2)15-20/h6-12,15H,13-14,16H2,1-5H3,(H,27,30)/b28-21+. The van der Waals surface area contributed by atoms with Gasteiger partial charge in [0, 0.05) is 17.5 Å². The Morgan fingerprint density at radius 2 is 1.68 bits per heavy atom. The molecule has 5 heteroatoms. The van der Waals surface area contributed by atoms with Gasteiger partial charge >= 0.3 is 5.97 Å². The third-order valence-corrected chi connectivity index (χ3v) is 7.97. The number of fused-ring (bicyclic) bond motifs is 2. The van der Waals surface area contributed by atoms with E-state index in [2.05, 4.69) is 31.2 Å². The van der Waals surface area contributed by atoms with E-state index in [-0.39, 0.29) is 16.7 Å². The molecule has 2 aliphatic carbocycles. The smallest absolute Gasteiger partial charge is 0.326 e. The molecule has 2 aromatic rings. The zero-order valence-electron chi connectivity index (χ0n) is 18.9. The van der Waals surface area contributed by atoms with Gasteiger partial charge in [0.05, 0.1) is 16.7 Å². The molecule has 2 unspecified atom stereocenters. The number of rotatable bonds is 4. The molecular weight excluding hydrogens is 388 g/mol. The lowest BCUT2D eigenvalue weighted by molar-refractivity contribution is -0.130. The summed E-state index contributed by atoms with van der Waals surface area (Å²) in [4.78, 5) is 31.3. The van der Waals surface area contributed by atoms with Crippen LogP contribution in [0.2, 0.25) is 0 Å². The summed E-state index contributed by atoms with van der Waals surface area (Å²) in [7, 11) is 0. The molecule has 2 fully saturated rings. The van der Waals surface area contributed by atoms with Crippen molar-refractivity contribution in [2.75, 3.05) is 5.32 Å². The molecule has 0 spiro atoms. The number of hydrogen-bond acceptors (Lipinski definition) is 4. The first-order valence-corrected chi connectivity index (χ1v) is 10.8. The number of hydrogen-bond donors (Lipinski definition) is 1. The van der Waals surface area contributed by atoms with Gasteiger partial charge in [-0.15, -0.1) is 0 Å². The van der Waals surface area contributed by atoms with Gasteiger partial charge in [0.15, 0.2) is 0 Å². The van der Waals surface area contributed by atoms with Crippen molar-refractivity contribution in [3.63, 3.8) is 0 Å². The molecule has 0 radical (unpaired) electrons. The lowest BCUT2D eigenvalue weighted by atomic mass is 9.64. The van der Waals surface area contributed by atoms with Crippen LogP contribution in [0.25, 0.3) is 0 Å². The second-order valence-corrected chi connectivity index (χ2v) is 9.82. The predicted octanol–water partition coefficient (Wildman–Crippen LogP) is 5.67. The summed E-state index contributed by atoms with van der Waals surface area (Å²) in [5.74, 6) is -0.461. The Morgan fingerprint density at radius 1 is 0.968 bits per heavy atom. The number of anilines is 1. The maximum atomic E-state index is 13.5. The van der Waals surface area contributed by atoms with E-state index in [4.69, 9.17) is 4.84 Å². The lowest BCUT2D eigenvalue weighted by Crippen LogP contribution is -2.43. The highest BCUT2D eigenvalue weighted by atomic mass is 16.7. The van der Waals surface area contributed by atoms with Gasteiger partial charge in [0.25, 0.3) is 0 Å². The topological polar surface area (TPSA) is 67.8 Å². The minimum absolute atomic E-state index is 0.0156. The van der Waals surface area contributed by atoms with Gasteiger partial charge in [0.2, 0.25) is 5.91 Å². The molecule has 1 amide bonds. The molecule has 2 aliphatic rings. The highest BCUT2D eigenvalue weighted by Gasteiger charge is 2.71. The number of benzene rings is 2. The van der Waals surface area contributed by atoms with E-state index >= 15 is 0 Å². The van der Waals surface area contributed by atoms with Crippen LogP contribution < -0.4 is 5.32 Å². The van der Waals surface area contributed by atoms with Crippen molar-refractivity contribution in [2.45, 2.75) is 53.9 Å². The highest BCUT2D eigenvalue weighted by Crippen LogP contribution is 2.71. The van der Waals surface area contributed by atoms with Crippen molar-refractivity contribution in [1.82, 2.24) is 0 Å². The van der Waals surface area contributed by atoms with Gasteiger partial charge in [0.1, 0.15) is 0 Å². The average Bonchev–Trinajstić information content (AvgIpc) is 3.03. The molecule has 162 valence electrons. The van der Waals surface area contributed by atoms with Gasteiger partial charge in [-0.05, 0) is 61.9 Å². The third-order valence-electron chi connectivity index (χ3n) is 7.97. The van der Waals surface area contributed by atoms with E-state index < -0.39 is 11.4 Å². The summed E-state index contributed by atoms with van der Waals surface area (Å²) in [5.41, 5.74) is 3.04. The first-order chi connectivity index (χ1) is 14.6. The van der Waals surface area contributed by atoms with Crippen molar-refractivity contribution in [1.29, 1.82) is 0 Å². The summed E-state index contributed by atoms with van der Waals surface area (Å²) < 4.78 is 0. The number of amides is 1. The van der Waals surface area contributed by atoms with Crippen molar-refractivity contribution in [3.05, 3.63) is 65.2 Å². The lowest BCUT2D eigenvalue weighted by Gasteiger charge is -2.39. The zero-order valence-corrected chi connectivity index (χ0v) is 18.9. The quantitative estimate of drug-likeness (QED) is 0.514. The van der Waals surface area contributed by atoms with E-state index in [0.29, 0.717) is 12.0 Å². The van der Waals surface area contributed by atoms with E-state index in [1.165, 1.54) is 0 Å². The molecule has 2 saturated carbocycles. The van der Waals surface area contributed by atoms with Crippen LogP contribution >= 0.6 is 0 Å². The summed E-state index contributed by atoms with van der Waals surface area (Å²) in [6.07, 6.45) is 2.12. The molecule has 0 saturated heterocycles. The highest BCUT2D eigenvalue weighted by molar-refractivity contribution is 6.06. The Kier molecular flexibility index (Phi) is 5.03. The normalized spacial score (nSPS) is 27.3. The summed E-state index contributed by atoms with van der Waals surface area (Å²) in [5, 5.41) is 7.44. The molecular formula is C26H30N2O3.